The first-order valence-electron chi connectivity index (χ1n) is 8.79. The van der Waals surface area contributed by atoms with Crippen LogP contribution < -0.4 is 15.0 Å². The van der Waals surface area contributed by atoms with Crippen molar-refractivity contribution < 1.29 is 13.9 Å². The number of carbonyl (C=O) groups is 1. The monoisotopic (exact) mass is 379 g/mol. The van der Waals surface area contributed by atoms with Gasteiger partial charge in [0.15, 0.2) is 0 Å². The van der Waals surface area contributed by atoms with Gasteiger partial charge in [-0.3, -0.25) is 9.78 Å². The van der Waals surface area contributed by atoms with Gasteiger partial charge < -0.3 is 15.0 Å². The molecule has 3 aromatic rings. The number of nitrogens with zero attached hydrogens (tertiary/aromatic N) is 4. The second-order valence-corrected chi connectivity index (χ2v) is 6.50. The van der Waals surface area contributed by atoms with Crippen LogP contribution >= 0.6 is 0 Å². The zero-order valence-corrected chi connectivity index (χ0v) is 15.2. The van der Waals surface area contributed by atoms with Crippen LogP contribution in [0.5, 0.6) is 5.75 Å². The molecule has 7 nitrogen and oxygen atoms in total. The Bertz CT molecular complexity index is 976. The van der Waals surface area contributed by atoms with E-state index in [0.29, 0.717) is 30.3 Å². The molecule has 0 radical (unpaired) electrons. The molecular formula is C20H18FN5O2. The molecule has 0 spiro atoms. The fourth-order valence-electron chi connectivity index (χ4n) is 2.81. The fourth-order valence-corrected chi connectivity index (χ4v) is 2.81. The Kier molecular flexibility index (Phi) is 4.84. The normalized spacial score (nSPS) is 13.7. The Morgan fingerprint density at radius 2 is 1.96 bits per heavy atom. The summed E-state index contributed by atoms with van der Waals surface area (Å²) >= 11 is 0. The van der Waals surface area contributed by atoms with E-state index in [4.69, 9.17) is 4.74 Å². The highest BCUT2D eigenvalue weighted by Gasteiger charge is 2.30. The summed E-state index contributed by atoms with van der Waals surface area (Å²) < 4.78 is 19.2. The number of aryl methyl sites for hydroxylation is 1. The van der Waals surface area contributed by atoms with Crippen molar-refractivity contribution in [3.63, 3.8) is 0 Å². The third-order valence-corrected chi connectivity index (χ3v) is 4.42. The van der Waals surface area contributed by atoms with Crippen LogP contribution in [0.2, 0.25) is 0 Å². The van der Waals surface area contributed by atoms with Gasteiger partial charge in [0.1, 0.15) is 29.2 Å². The molecule has 28 heavy (non-hydrogen) atoms. The molecule has 8 heteroatoms. The molecule has 142 valence electrons. The largest absolute Gasteiger partial charge is 0.486 e. The van der Waals surface area contributed by atoms with Crippen molar-refractivity contribution in [2.24, 2.45) is 0 Å². The Morgan fingerprint density at radius 1 is 1.18 bits per heavy atom. The molecule has 1 fully saturated rings. The second kappa shape index (κ2) is 7.59. The van der Waals surface area contributed by atoms with E-state index in [1.54, 1.807) is 36.8 Å². The topological polar surface area (TPSA) is 80.2 Å². The summed E-state index contributed by atoms with van der Waals surface area (Å²) in [5.74, 6) is 0.565. The maximum Gasteiger partial charge on any atom is 0.275 e. The smallest absolute Gasteiger partial charge is 0.275 e. The van der Waals surface area contributed by atoms with Gasteiger partial charge in [0, 0.05) is 24.1 Å². The molecule has 1 amide bonds. The first-order chi connectivity index (χ1) is 13.6. The summed E-state index contributed by atoms with van der Waals surface area (Å²) in [6.07, 6.45) is 6.15. The molecule has 1 aliphatic heterocycles. The maximum absolute atomic E-state index is 13.4. The van der Waals surface area contributed by atoms with Crippen molar-refractivity contribution in [2.75, 3.05) is 23.3 Å². The minimum absolute atomic E-state index is 0.0445. The number of carbonyl (C=O) groups excluding carboxylic acids is 1. The number of ether oxygens (including phenoxy) is 1. The molecule has 0 saturated carbocycles. The third kappa shape index (κ3) is 3.90. The molecule has 3 heterocycles. The molecule has 1 saturated heterocycles. The highest BCUT2D eigenvalue weighted by atomic mass is 19.1. The zero-order chi connectivity index (χ0) is 19.5. The standard InChI is InChI=1S/C20H18FN5O2/c1-13-2-3-14(21)8-18(13)28-16-11-26(12-16)19-10-23-17(9-24-19)20(27)25-15-4-6-22-7-5-15/h2-10,16H,11-12H2,1H3,(H,22,25,27). The Morgan fingerprint density at radius 3 is 2.68 bits per heavy atom. The number of halogens is 1. The molecule has 0 atom stereocenters. The number of rotatable bonds is 5. The molecule has 0 bridgehead atoms. The van der Waals surface area contributed by atoms with Crippen molar-refractivity contribution in [3.8, 4) is 5.75 Å². The Hall–Kier alpha value is -3.55. The average molecular weight is 379 g/mol. The predicted octanol–water partition coefficient (Wildman–Crippen LogP) is 2.84. The van der Waals surface area contributed by atoms with E-state index in [9.17, 15) is 9.18 Å². The molecule has 1 aliphatic rings. The quantitative estimate of drug-likeness (QED) is 0.734. The highest BCUT2D eigenvalue weighted by Crippen LogP contribution is 2.25. The molecule has 4 rings (SSSR count). The number of hydrogen-bond donors (Lipinski definition) is 1. The Labute approximate surface area is 161 Å². The van der Waals surface area contributed by atoms with E-state index in [-0.39, 0.29) is 23.5 Å². The van der Waals surface area contributed by atoms with Crippen LogP contribution in [0.4, 0.5) is 15.9 Å². The summed E-state index contributed by atoms with van der Waals surface area (Å²) in [5.41, 5.74) is 1.76. The fraction of sp³-hybridized carbons (Fsp3) is 0.200. The molecule has 1 N–H and O–H groups in total. The van der Waals surface area contributed by atoms with Crippen molar-refractivity contribution in [1.29, 1.82) is 0 Å². The second-order valence-electron chi connectivity index (χ2n) is 6.50. The van der Waals surface area contributed by atoms with Crippen LogP contribution in [0, 0.1) is 12.7 Å². The van der Waals surface area contributed by atoms with E-state index < -0.39 is 0 Å². The van der Waals surface area contributed by atoms with Gasteiger partial charge in [0.2, 0.25) is 0 Å². The first kappa shape index (κ1) is 17.8. The van der Waals surface area contributed by atoms with Crippen LogP contribution in [-0.4, -0.2) is 40.1 Å². The maximum atomic E-state index is 13.4. The molecule has 2 aromatic heterocycles. The van der Waals surface area contributed by atoms with E-state index in [1.165, 1.54) is 18.3 Å². The van der Waals surface area contributed by atoms with E-state index in [0.717, 1.165) is 5.56 Å². The number of nitrogens with one attached hydrogen (secondary N) is 1. The van der Waals surface area contributed by atoms with Gasteiger partial charge in [-0.15, -0.1) is 0 Å². The number of benzene rings is 1. The molecular weight excluding hydrogens is 361 g/mol. The minimum atomic E-state index is -0.336. The van der Waals surface area contributed by atoms with Gasteiger partial charge in [-0.1, -0.05) is 6.07 Å². The lowest BCUT2D eigenvalue weighted by atomic mass is 10.1. The summed E-state index contributed by atoms with van der Waals surface area (Å²) in [6.45, 7) is 3.12. The number of hydrogen-bond acceptors (Lipinski definition) is 6. The third-order valence-electron chi connectivity index (χ3n) is 4.42. The van der Waals surface area contributed by atoms with E-state index in [2.05, 4.69) is 20.3 Å². The van der Waals surface area contributed by atoms with Crippen molar-refractivity contribution >= 4 is 17.4 Å². The highest BCUT2D eigenvalue weighted by molar-refractivity contribution is 6.02. The SMILES string of the molecule is Cc1ccc(F)cc1OC1CN(c2cnc(C(=O)Nc3ccncc3)cn2)C1. The Balaban J connectivity index is 1.33. The van der Waals surface area contributed by atoms with Gasteiger partial charge in [0.25, 0.3) is 5.91 Å². The van der Waals surface area contributed by atoms with Gasteiger partial charge in [-0.25, -0.2) is 14.4 Å². The van der Waals surface area contributed by atoms with Crippen LogP contribution in [0.15, 0.2) is 55.1 Å². The average Bonchev–Trinajstić information content (AvgIpc) is 2.68. The van der Waals surface area contributed by atoms with Gasteiger partial charge >= 0.3 is 0 Å². The van der Waals surface area contributed by atoms with E-state index in [1.807, 2.05) is 11.8 Å². The van der Waals surface area contributed by atoms with E-state index >= 15 is 0 Å². The van der Waals surface area contributed by atoms with Crippen LogP contribution in [0.3, 0.4) is 0 Å². The van der Waals surface area contributed by atoms with Crippen molar-refractivity contribution in [3.05, 3.63) is 72.2 Å². The van der Waals surface area contributed by atoms with Crippen LogP contribution in [0.25, 0.3) is 0 Å². The summed E-state index contributed by atoms with van der Waals surface area (Å²) in [4.78, 5) is 26.6. The van der Waals surface area contributed by atoms with Crippen LogP contribution in [0.1, 0.15) is 16.1 Å². The van der Waals surface area contributed by atoms with Gasteiger partial charge in [-0.2, -0.15) is 0 Å². The first-order valence-corrected chi connectivity index (χ1v) is 8.79. The van der Waals surface area contributed by atoms with Gasteiger partial charge in [0.05, 0.1) is 25.5 Å². The summed E-state index contributed by atoms with van der Waals surface area (Å²) in [5, 5.41) is 2.73. The van der Waals surface area contributed by atoms with Crippen LogP contribution in [-0.2, 0) is 0 Å². The number of anilines is 2. The van der Waals surface area contributed by atoms with Crippen molar-refractivity contribution in [1.82, 2.24) is 15.0 Å². The van der Waals surface area contributed by atoms with Gasteiger partial charge in [-0.05, 0) is 30.7 Å². The lowest BCUT2D eigenvalue weighted by molar-refractivity contribution is 0.102. The van der Waals surface area contributed by atoms with Crippen molar-refractivity contribution in [2.45, 2.75) is 13.0 Å². The summed E-state index contributed by atoms with van der Waals surface area (Å²) in [7, 11) is 0. The number of amides is 1. The summed E-state index contributed by atoms with van der Waals surface area (Å²) in [6, 6.07) is 7.90. The zero-order valence-electron chi connectivity index (χ0n) is 15.2. The minimum Gasteiger partial charge on any atom is -0.486 e. The lowest BCUT2D eigenvalue weighted by Crippen LogP contribution is -2.54. The molecule has 1 aromatic carbocycles. The lowest BCUT2D eigenvalue weighted by Gasteiger charge is -2.39. The number of pyridine rings is 1. The number of aromatic nitrogens is 3. The molecule has 0 unspecified atom stereocenters. The predicted molar refractivity (Wildman–Crippen MR) is 102 cm³/mol. The molecule has 0 aliphatic carbocycles.